The molecule has 46 heavy (non-hydrogen) atoms. The summed E-state index contributed by atoms with van der Waals surface area (Å²) >= 11 is 6.81. The maximum Gasteiger partial charge on any atom is 0.309 e. The number of nitrogens with zero attached hydrogens (tertiary/aromatic N) is 4. The second kappa shape index (κ2) is 13.7. The van der Waals surface area contributed by atoms with Crippen LogP contribution in [0.2, 0.25) is 0 Å². The zero-order valence-electron chi connectivity index (χ0n) is 25.1. The van der Waals surface area contributed by atoms with E-state index in [2.05, 4.69) is 0 Å². The van der Waals surface area contributed by atoms with Crippen molar-refractivity contribution in [2.24, 2.45) is 5.92 Å². The number of thioether (sulfide) groups is 1. The van der Waals surface area contributed by atoms with Crippen LogP contribution in [0.4, 0.5) is 0 Å². The third-order valence-corrected chi connectivity index (χ3v) is 11.2. The predicted octanol–water partition coefficient (Wildman–Crippen LogP) is 5.90. The van der Waals surface area contributed by atoms with Gasteiger partial charge < -0.3 is 4.74 Å². The fraction of sp³-hybridized carbons (Fsp3) is 0.235. The van der Waals surface area contributed by atoms with Gasteiger partial charge in [0.1, 0.15) is 10.0 Å². The Morgan fingerprint density at radius 3 is 2.41 bits per heavy atom. The predicted molar refractivity (Wildman–Crippen MR) is 182 cm³/mol. The van der Waals surface area contributed by atoms with Crippen molar-refractivity contribution in [1.29, 1.82) is 0 Å². The van der Waals surface area contributed by atoms with E-state index in [9.17, 15) is 18.0 Å². The number of hydrogen-bond acceptors (Lipinski definition) is 8. The maximum atomic E-state index is 13.7. The molecule has 4 aromatic rings. The number of para-hydroxylation sites is 1. The van der Waals surface area contributed by atoms with Crippen LogP contribution in [0, 0.1) is 5.92 Å². The molecule has 0 aliphatic carbocycles. The highest BCUT2D eigenvalue weighted by molar-refractivity contribution is 8.26. The first kappa shape index (κ1) is 31.9. The van der Waals surface area contributed by atoms with Crippen molar-refractivity contribution in [2.45, 2.75) is 31.2 Å². The van der Waals surface area contributed by atoms with Crippen LogP contribution < -0.4 is 0 Å². The highest BCUT2D eigenvalue weighted by atomic mass is 32.2. The number of hydrogen-bond donors (Lipinski definition) is 0. The van der Waals surface area contributed by atoms with Crippen molar-refractivity contribution in [3.8, 4) is 16.9 Å². The second-order valence-electron chi connectivity index (χ2n) is 10.9. The molecule has 0 N–H and O–H groups in total. The summed E-state index contributed by atoms with van der Waals surface area (Å²) in [6.45, 7) is 2.89. The van der Waals surface area contributed by atoms with Gasteiger partial charge in [0.05, 0.1) is 34.6 Å². The molecule has 0 saturated carbocycles. The van der Waals surface area contributed by atoms with Gasteiger partial charge in [-0.05, 0) is 55.7 Å². The monoisotopic (exact) mass is 672 g/mol. The molecule has 9 nitrogen and oxygen atoms in total. The van der Waals surface area contributed by atoms with E-state index in [1.807, 2.05) is 72.9 Å². The van der Waals surface area contributed by atoms with E-state index in [1.54, 1.807) is 40.8 Å². The summed E-state index contributed by atoms with van der Waals surface area (Å²) in [7, 11) is -3.84. The van der Waals surface area contributed by atoms with Crippen LogP contribution in [0.1, 0.15) is 30.9 Å². The Morgan fingerprint density at radius 2 is 1.72 bits per heavy atom. The number of thiocarbonyl (C=S) groups is 1. The van der Waals surface area contributed by atoms with Crippen LogP contribution in [0.3, 0.4) is 0 Å². The SMILES string of the molecule is CCOC(=O)C1CCN(S(=O)(=O)c2cccc(-c3nn(-c4ccccc4)cc3C=C3SC(=S)N(Cc4ccccc4)C3=O)c2)CC1. The summed E-state index contributed by atoms with van der Waals surface area (Å²) in [4.78, 5) is 27.9. The minimum Gasteiger partial charge on any atom is -0.466 e. The lowest BCUT2D eigenvalue weighted by Crippen LogP contribution is -2.40. The van der Waals surface area contributed by atoms with Crippen LogP contribution >= 0.6 is 24.0 Å². The molecule has 0 atom stereocenters. The fourth-order valence-corrected chi connectivity index (χ4v) is 8.28. The van der Waals surface area contributed by atoms with Gasteiger partial charge in [0.25, 0.3) is 5.91 Å². The number of esters is 1. The van der Waals surface area contributed by atoms with E-state index in [0.29, 0.717) is 52.0 Å². The molecule has 12 heteroatoms. The third-order valence-electron chi connectivity index (χ3n) is 7.93. The molecule has 2 fully saturated rings. The fourth-order valence-electron chi connectivity index (χ4n) is 5.52. The Bertz CT molecular complexity index is 1900. The molecule has 1 aromatic heterocycles. The Kier molecular flexibility index (Phi) is 9.50. The quantitative estimate of drug-likeness (QED) is 0.123. The van der Waals surface area contributed by atoms with Crippen molar-refractivity contribution in [3.63, 3.8) is 0 Å². The van der Waals surface area contributed by atoms with Gasteiger partial charge in [-0.2, -0.15) is 9.40 Å². The number of carbonyl (C=O) groups excluding carboxylic acids is 2. The van der Waals surface area contributed by atoms with Crippen molar-refractivity contribution in [1.82, 2.24) is 19.0 Å². The molecule has 0 bridgehead atoms. The molecular formula is C34H32N4O5S3. The molecule has 3 aromatic carbocycles. The maximum absolute atomic E-state index is 13.7. The smallest absolute Gasteiger partial charge is 0.309 e. The zero-order chi connectivity index (χ0) is 32.3. The van der Waals surface area contributed by atoms with E-state index >= 15 is 0 Å². The second-order valence-corrected chi connectivity index (χ2v) is 14.5. The van der Waals surface area contributed by atoms with Crippen LogP contribution in [-0.2, 0) is 30.9 Å². The van der Waals surface area contributed by atoms with Gasteiger partial charge in [0, 0.05) is 30.4 Å². The lowest BCUT2D eigenvalue weighted by molar-refractivity contribution is -0.149. The minimum absolute atomic E-state index is 0.133. The zero-order valence-corrected chi connectivity index (χ0v) is 27.6. The number of aromatic nitrogens is 2. The average Bonchev–Trinajstić information content (AvgIpc) is 3.62. The summed E-state index contributed by atoms with van der Waals surface area (Å²) < 4.78 is 36.2. The number of rotatable bonds is 9. The molecule has 0 radical (unpaired) electrons. The summed E-state index contributed by atoms with van der Waals surface area (Å²) in [6, 6.07) is 25.9. The lowest BCUT2D eigenvalue weighted by atomic mass is 9.98. The minimum atomic E-state index is -3.84. The van der Waals surface area contributed by atoms with Crippen molar-refractivity contribution in [2.75, 3.05) is 19.7 Å². The van der Waals surface area contributed by atoms with Crippen LogP contribution in [0.25, 0.3) is 23.0 Å². The topological polar surface area (TPSA) is 102 Å². The first-order valence-corrected chi connectivity index (χ1v) is 17.6. The Hall–Kier alpha value is -4.10. The highest BCUT2D eigenvalue weighted by Gasteiger charge is 2.34. The van der Waals surface area contributed by atoms with Crippen molar-refractivity contribution < 1.29 is 22.7 Å². The standard InChI is InChI=1S/C34H32N4O5S3/c1-2-43-33(40)25-16-18-36(19-17-25)46(41,42)29-15-9-12-26(20-29)31-27(23-38(35-31)28-13-7-4-8-14-28)21-30-32(39)37(34(44)45-30)22-24-10-5-3-6-11-24/h3-15,20-21,23,25H,2,16-19,22H2,1H3. The Balaban J connectivity index is 1.32. The first-order chi connectivity index (χ1) is 22.2. The molecule has 1 amide bonds. The molecule has 236 valence electrons. The molecule has 0 spiro atoms. The summed E-state index contributed by atoms with van der Waals surface area (Å²) in [5, 5.41) is 4.85. The Morgan fingerprint density at radius 1 is 1.02 bits per heavy atom. The number of amides is 1. The van der Waals surface area contributed by atoms with Crippen molar-refractivity contribution >= 4 is 56.3 Å². The van der Waals surface area contributed by atoms with E-state index in [0.717, 1.165) is 11.3 Å². The molecule has 6 rings (SSSR count). The van der Waals surface area contributed by atoms with Crippen LogP contribution in [0.15, 0.2) is 101 Å². The average molecular weight is 673 g/mol. The first-order valence-electron chi connectivity index (χ1n) is 15.0. The van der Waals surface area contributed by atoms with Crippen molar-refractivity contribution in [3.05, 3.63) is 107 Å². The molecule has 3 heterocycles. The number of sulfonamides is 1. The van der Waals surface area contributed by atoms with E-state index < -0.39 is 10.0 Å². The normalized spacial score (nSPS) is 17.2. The Labute approximate surface area is 277 Å². The molecule has 2 aliphatic rings. The molecule has 2 saturated heterocycles. The summed E-state index contributed by atoms with van der Waals surface area (Å²) in [5.41, 5.74) is 3.54. The van der Waals surface area contributed by atoms with Gasteiger partial charge in [0.15, 0.2) is 0 Å². The molecule has 2 aliphatic heterocycles. The summed E-state index contributed by atoms with van der Waals surface area (Å²) in [6.07, 6.45) is 4.42. The van der Waals surface area contributed by atoms with Gasteiger partial charge in [-0.15, -0.1) is 0 Å². The third kappa shape index (κ3) is 6.70. The highest BCUT2D eigenvalue weighted by Crippen LogP contribution is 2.36. The number of carbonyl (C=O) groups is 2. The van der Waals surface area contributed by atoms with Gasteiger partial charge in [0.2, 0.25) is 10.0 Å². The molecular weight excluding hydrogens is 641 g/mol. The van der Waals surface area contributed by atoms with Gasteiger partial charge in [-0.25, -0.2) is 13.1 Å². The van der Waals surface area contributed by atoms with E-state index in [4.69, 9.17) is 22.1 Å². The molecule has 0 unspecified atom stereocenters. The van der Waals surface area contributed by atoms with Crippen LogP contribution in [-0.4, -0.2) is 63.3 Å². The van der Waals surface area contributed by atoms with E-state index in [1.165, 1.54) is 16.1 Å². The van der Waals surface area contributed by atoms with Gasteiger partial charge in [-0.3, -0.25) is 14.5 Å². The van der Waals surface area contributed by atoms with Gasteiger partial charge in [-0.1, -0.05) is 84.6 Å². The van der Waals surface area contributed by atoms with E-state index in [-0.39, 0.29) is 35.8 Å². The van der Waals surface area contributed by atoms with Gasteiger partial charge >= 0.3 is 5.97 Å². The largest absolute Gasteiger partial charge is 0.466 e. The number of ether oxygens (including phenoxy) is 1. The number of benzene rings is 3. The lowest BCUT2D eigenvalue weighted by Gasteiger charge is -2.30. The van der Waals surface area contributed by atoms with Crippen LogP contribution in [0.5, 0.6) is 0 Å². The number of piperidine rings is 1. The summed E-state index contributed by atoms with van der Waals surface area (Å²) in [5.74, 6) is -0.775.